The Kier molecular flexibility index (Phi) is 13.4. The molecule has 0 amide bonds. The van der Waals surface area contributed by atoms with Crippen molar-refractivity contribution in [3.63, 3.8) is 0 Å². The molecule has 0 spiro atoms. The van der Waals surface area contributed by atoms with Crippen LogP contribution in [0.25, 0.3) is 0 Å². The van der Waals surface area contributed by atoms with Crippen LogP contribution in [0.3, 0.4) is 0 Å². The molecule has 2 rings (SSSR count). The zero-order valence-electron chi connectivity index (χ0n) is 15.8. The van der Waals surface area contributed by atoms with E-state index in [0.29, 0.717) is 0 Å². The monoisotopic (exact) mass is 420 g/mol. The van der Waals surface area contributed by atoms with Crippen molar-refractivity contribution >= 4 is 0 Å². The number of rotatable bonds is 4. The van der Waals surface area contributed by atoms with E-state index < -0.39 is 74.6 Å². The van der Waals surface area contributed by atoms with Crippen LogP contribution in [0.4, 0.5) is 0 Å². The van der Waals surface area contributed by atoms with E-state index in [1.807, 2.05) is 0 Å². The fraction of sp³-hybridized carbons (Fsp3) is 1.00. The average molecular weight is 420 g/mol. The molecule has 2 saturated heterocycles. The lowest BCUT2D eigenvalue weighted by molar-refractivity contribution is -0.294. The molecule has 13 nitrogen and oxygen atoms in total. The minimum atomic E-state index is -1.36. The summed E-state index contributed by atoms with van der Waals surface area (Å²) in [5.74, 6) is 0. The van der Waals surface area contributed by atoms with Crippen molar-refractivity contribution in [2.45, 2.75) is 61.4 Å². The Bertz CT molecular complexity index is 324. The van der Waals surface area contributed by atoms with Gasteiger partial charge in [0.15, 0.2) is 12.6 Å². The highest BCUT2D eigenvalue weighted by atomic mass is 16.7. The molecule has 2 fully saturated rings. The molecular weight excluding hydrogens is 388 g/mol. The summed E-state index contributed by atoms with van der Waals surface area (Å²) in [6, 6.07) is 0. The number of hydrogen-bond acceptors (Lipinski definition) is 13. The van der Waals surface area contributed by atoms with E-state index in [9.17, 15) is 30.6 Å². The number of aliphatic hydroxyl groups is 9. The van der Waals surface area contributed by atoms with E-state index in [1.165, 1.54) is 14.2 Å². The fourth-order valence-electron chi connectivity index (χ4n) is 2.52. The van der Waals surface area contributed by atoms with Crippen molar-refractivity contribution < 1.29 is 64.9 Å². The van der Waals surface area contributed by atoms with Crippen molar-refractivity contribution in [2.75, 3.05) is 34.5 Å². The predicted molar refractivity (Wildman–Crippen MR) is 89.7 cm³/mol. The van der Waals surface area contributed by atoms with Gasteiger partial charge in [-0.05, 0) is 0 Å². The highest BCUT2D eigenvalue weighted by Crippen LogP contribution is 2.22. The molecule has 0 bridgehead atoms. The van der Waals surface area contributed by atoms with Crippen molar-refractivity contribution in [1.82, 2.24) is 0 Å². The summed E-state index contributed by atoms with van der Waals surface area (Å²) in [5, 5.41) is 80.1. The minimum Gasteiger partial charge on any atom is -0.400 e. The van der Waals surface area contributed by atoms with Crippen LogP contribution in [-0.4, -0.2) is 142 Å². The van der Waals surface area contributed by atoms with Crippen molar-refractivity contribution in [2.24, 2.45) is 0 Å². The molecule has 0 aromatic rings. The summed E-state index contributed by atoms with van der Waals surface area (Å²) in [6.07, 6.45) is -11.8. The van der Waals surface area contributed by atoms with Crippen molar-refractivity contribution in [1.29, 1.82) is 0 Å². The smallest absolute Gasteiger partial charge is 0.186 e. The van der Waals surface area contributed by atoms with Gasteiger partial charge < -0.3 is 64.9 Å². The van der Waals surface area contributed by atoms with Gasteiger partial charge in [-0.2, -0.15) is 0 Å². The zero-order chi connectivity index (χ0) is 22.0. The maximum atomic E-state index is 9.28. The molecule has 0 aromatic heterocycles. The predicted octanol–water partition coefficient (Wildman–Crippen LogP) is -5.53. The second-order valence-corrected chi connectivity index (χ2v) is 5.87. The molecule has 2 aliphatic rings. The van der Waals surface area contributed by atoms with Gasteiger partial charge >= 0.3 is 0 Å². The Morgan fingerprint density at radius 2 is 0.857 bits per heavy atom. The third kappa shape index (κ3) is 6.77. The molecule has 9 N–H and O–H groups in total. The lowest BCUT2D eigenvalue weighted by atomic mass is 9.99. The Hall–Kier alpha value is -0.520. The highest BCUT2D eigenvalue weighted by Gasteiger charge is 2.44. The van der Waals surface area contributed by atoms with Crippen LogP contribution < -0.4 is 0 Å². The first-order valence-electron chi connectivity index (χ1n) is 8.34. The molecule has 0 radical (unpaired) electrons. The summed E-state index contributed by atoms with van der Waals surface area (Å²) in [4.78, 5) is 0. The van der Waals surface area contributed by atoms with E-state index in [-0.39, 0.29) is 0 Å². The third-order valence-electron chi connectivity index (χ3n) is 4.16. The molecule has 2 heterocycles. The van der Waals surface area contributed by atoms with Gasteiger partial charge in [0.2, 0.25) is 0 Å². The van der Waals surface area contributed by atoms with Crippen LogP contribution in [0.5, 0.6) is 0 Å². The third-order valence-corrected chi connectivity index (χ3v) is 4.16. The first kappa shape index (κ1) is 27.5. The normalized spacial score (nSPS) is 43.3. The SMILES string of the molecule is CO.CO[C@@H]1OC(CO)[C@@H](O)[C@@H](O)C1O.CO[C@H]1OC(CO)[C@@H](O)[C@@H](O)C1O. The molecule has 28 heavy (non-hydrogen) atoms. The topological polar surface area (TPSA) is 219 Å². The minimum absolute atomic E-state index is 0.440. The van der Waals surface area contributed by atoms with Crippen molar-refractivity contribution in [3.8, 4) is 0 Å². The molecule has 2 aliphatic heterocycles. The molecule has 13 heteroatoms. The number of methoxy groups -OCH3 is 2. The van der Waals surface area contributed by atoms with Crippen LogP contribution in [0.15, 0.2) is 0 Å². The Balaban J connectivity index is 0.000000478. The van der Waals surface area contributed by atoms with Gasteiger partial charge in [-0.25, -0.2) is 0 Å². The average Bonchev–Trinajstić information content (AvgIpc) is 2.73. The van der Waals surface area contributed by atoms with Gasteiger partial charge in [-0.3, -0.25) is 0 Å². The van der Waals surface area contributed by atoms with Crippen molar-refractivity contribution in [3.05, 3.63) is 0 Å². The van der Waals surface area contributed by atoms with Crippen LogP contribution in [0.2, 0.25) is 0 Å². The Morgan fingerprint density at radius 1 is 0.571 bits per heavy atom. The quantitative estimate of drug-likeness (QED) is 0.207. The number of aliphatic hydroxyl groups excluding tert-OH is 9. The van der Waals surface area contributed by atoms with E-state index in [0.717, 1.165) is 7.11 Å². The van der Waals surface area contributed by atoms with E-state index >= 15 is 0 Å². The van der Waals surface area contributed by atoms with Crippen LogP contribution in [-0.2, 0) is 18.9 Å². The summed E-state index contributed by atoms with van der Waals surface area (Å²) in [5.41, 5.74) is 0. The lowest BCUT2D eigenvalue weighted by Gasteiger charge is -2.38. The molecule has 10 atom stereocenters. The summed E-state index contributed by atoms with van der Waals surface area (Å²) in [6.45, 7) is -0.879. The largest absolute Gasteiger partial charge is 0.400 e. The van der Waals surface area contributed by atoms with Gasteiger partial charge in [0.1, 0.15) is 48.8 Å². The summed E-state index contributed by atoms with van der Waals surface area (Å²) in [7, 11) is 3.60. The second-order valence-electron chi connectivity index (χ2n) is 5.87. The first-order chi connectivity index (χ1) is 13.2. The maximum absolute atomic E-state index is 9.28. The molecule has 0 aromatic carbocycles. The Labute approximate surface area is 161 Å². The molecule has 0 aliphatic carbocycles. The molecular formula is C15H32O13. The Morgan fingerprint density at radius 3 is 1.07 bits per heavy atom. The molecule has 170 valence electrons. The van der Waals surface area contributed by atoms with E-state index in [1.54, 1.807) is 0 Å². The number of ether oxygens (including phenoxy) is 4. The molecule has 4 unspecified atom stereocenters. The molecule has 0 saturated carbocycles. The fourth-order valence-corrected chi connectivity index (χ4v) is 2.52. The van der Waals surface area contributed by atoms with Crippen LogP contribution in [0, 0.1) is 0 Å². The summed E-state index contributed by atoms with van der Waals surface area (Å²) >= 11 is 0. The van der Waals surface area contributed by atoms with Gasteiger partial charge in [0.05, 0.1) is 13.2 Å². The van der Waals surface area contributed by atoms with Crippen LogP contribution in [0.1, 0.15) is 0 Å². The van der Waals surface area contributed by atoms with Gasteiger partial charge in [0.25, 0.3) is 0 Å². The maximum Gasteiger partial charge on any atom is 0.186 e. The van der Waals surface area contributed by atoms with Gasteiger partial charge in [0, 0.05) is 21.3 Å². The zero-order valence-corrected chi connectivity index (χ0v) is 15.8. The first-order valence-corrected chi connectivity index (χ1v) is 8.34. The number of hydrogen-bond donors (Lipinski definition) is 9. The standard InChI is InChI=1S/2C7H14O6.CH4O/c2*1-12-7-6(11)5(10)4(9)3(2-8)13-7;1-2/h2*3-11H,2H2,1H3;2H,1H3/t3?,4-,5-,6?,7+;3?,4-,5-,6?,7-;/m11./s1. The van der Waals surface area contributed by atoms with E-state index in [4.69, 9.17) is 34.3 Å². The summed E-state index contributed by atoms with van der Waals surface area (Å²) < 4.78 is 19.3. The highest BCUT2D eigenvalue weighted by molar-refractivity contribution is 4.89. The van der Waals surface area contributed by atoms with Crippen LogP contribution >= 0.6 is 0 Å². The lowest BCUT2D eigenvalue weighted by Crippen LogP contribution is -2.58. The van der Waals surface area contributed by atoms with Gasteiger partial charge in [-0.15, -0.1) is 0 Å². The second kappa shape index (κ2) is 13.7. The van der Waals surface area contributed by atoms with E-state index in [2.05, 4.69) is 0 Å². The van der Waals surface area contributed by atoms with Gasteiger partial charge in [-0.1, -0.05) is 0 Å².